The molecule has 1 aromatic rings. The summed E-state index contributed by atoms with van der Waals surface area (Å²) in [4.78, 5) is 9.85. The average Bonchev–Trinajstić information content (AvgIpc) is 2.67. The van der Waals surface area contributed by atoms with Gasteiger partial charge in [-0.1, -0.05) is 58.4 Å². The lowest BCUT2D eigenvalue weighted by molar-refractivity contribution is 0.166. The van der Waals surface area contributed by atoms with E-state index in [1.54, 1.807) is 0 Å². The van der Waals surface area contributed by atoms with E-state index in [9.17, 15) is 0 Å². The van der Waals surface area contributed by atoms with Crippen LogP contribution in [0, 0.1) is 0 Å². The van der Waals surface area contributed by atoms with Crippen LogP contribution in [-0.4, -0.2) is 48.8 Å². The summed E-state index contributed by atoms with van der Waals surface area (Å²) in [6.07, 6.45) is 13.0. The van der Waals surface area contributed by atoms with Crippen LogP contribution >= 0.6 is 0 Å². The van der Waals surface area contributed by atoms with Crippen LogP contribution in [0.5, 0.6) is 0 Å². The van der Waals surface area contributed by atoms with Gasteiger partial charge in [0.05, 0.1) is 6.17 Å². The first-order valence-electron chi connectivity index (χ1n) is 10.5. The molecule has 1 unspecified atom stereocenters. The number of nitrogens with one attached hydrogen (secondary N) is 1. The monoisotopic (exact) mass is 346 g/mol. The van der Waals surface area contributed by atoms with E-state index in [2.05, 4.69) is 46.1 Å². The Morgan fingerprint density at radius 2 is 1.76 bits per heavy atom. The Hall–Kier alpha value is -1.13. The van der Waals surface area contributed by atoms with Crippen molar-refractivity contribution in [1.29, 1.82) is 0 Å². The summed E-state index contributed by atoms with van der Waals surface area (Å²) >= 11 is 0. The van der Waals surface area contributed by atoms with E-state index in [0.29, 0.717) is 6.17 Å². The Bertz CT molecular complexity index is 425. The minimum Gasteiger partial charge on any atom is -0.338 e. The van der Waals surface area contributed by atoms with Crippen LogP contribution in [0.4, 0.5) is 5.82 Å². The van der Waals surface area contributed by atoms with Gasteiger partial charge in [0.15, 0.2) is 0 Å². The highest BCUT2D eigenvalue weighted by Crippen LogP contribution is 2.19. The summed E-state index contributed by atoms with van der Waals surface area (Å²) < 4.78 is 0. The van der Waals surface area contributed by atoms with Crippen LogP contribution in [0.3, 0.4) is 0 Å². The second kappa shape index (κ2) is 12.3. The Morgan fingerprint density at radius 1 is 1.04 bits per heavy atom. The third kappa shape index (κ3) is 6.95. The fraction of sp³-hybridized carbons (Fsp3) is 0.762. The Kier molecular flexibility index (Phi) is 9.90. The van der Waals surface area contributed by atoms with Crippen molar-refractivity contribution in [1.82, 2.24) is 15.2 Å². The second-order valence-corrected chi connectivity index (χ2v) is 7.22. The van der Waals surface area contributed by atoms with Crippen molar-refractivity contribution in [2.75, 3.05) is 37.6 Å². The molecule has 1 aliphatic heterocycles. The zero-order valence-corrected chi connectivity index (χ0v) is 16.4. The SMILES string of the molecule is CCCCCCN(CCCCCC)C1CNCCN1c1ccccn1. The molecule has 0 bridgehead atoms. The summed E-state index contributed by atoms with van der Waals surface area (Å²) in [6.45, 7) is 10.1. The van der Waals surface area contributed by atoms with Crippen molar-refractivity contribution < 1.29 is 0 Å². The van der Waals surface area contributed by atoms with E-state index >= 15 is 0 Å². The molecule has 1 saturated heterocycles. The number of hydrogen-bond donors (Lipinski definition) is 1. The van der Waals surface area contributed by atoms with Crippen molar-refractivity contribution in [3.8, 4) is 0 Å². The molecule has 1 fully saturated rings. The molecular formula is C21H38N4. The maximum atomic E-state index is 4.63. The Labute approximate surface area is 155 Å². The third-order valence-electron chi connectivity index (χ3n) is 5.18. The molecule has 1 atom stereocenters. The van der Waals surface area contributed by atoms with Gasteiger partial charge in [0.1, 0.15) is 5.82 Å². The van der Waals surface area contributed by atoms with E-state index in [1.807, 2.05) is 12.3 Å². The van der Waals surface area contributed by atoms with Crippen molar-refractivity contribution in [2.24, 2.45) is 0 Å². The molecule has 142 valence electrons. The van der Waals surface area contributed by atoms with Gasteiger partial charge in [0, 0.05) is 38.9 Å². The quantitative estimate of drug-likeness (QED) is 0.572. The largest absolute Gasteiger partial charge is 0.338 e. The van der Waals surface area contributed by atoms with Gasteiger partial charge in [-0.3, -0.25) is 4.90 Å². The van der Waals surface area contributed by atoms with E-state index in [-0.39, 0.29) is 0 Å². The van der Waals surface area contributed by atoms with Crippen LogP contribution in [0.2, 0.25) is 0 Å². The van der Waals surface area contributed by atoms with Gasteiger partial charge in [-0.25, -0.2) is 4.98 Å². The highest BCUT2D eigenvalue weighted by molar-refractivity contribution is 5.39. The zero-order valence-electron chi connectivity index (χ0n) is 16.4. The molecule has 0 radical (unpaired) electrons. The molecule has 4 heteroatoms. The molecule has 1 aromatic heterocycles. The summed E-state index contributed by atoms with van der Waals surface area (Å²) in [5.41, 5.74) is 0. The van der Waals surface area contributed by atoms with E-state index in [1.165, 1.54) is 64.5 Å². The number of hydrogen-bond acceptors (Lipinski definition) is 4. The van der Waals surface area contributed by atoms with E-state index in [4.69, 9.17) is 0 Å². The van der Waals surface area contributed by atoms with Crippen molar-refractivity contribution >= 4 is 5.82 Å². The highest BCUT2D eigenvalue weighted by atomic mass is 15.4. The predicted octanol–water partition coefficient (Wildman–Crippen LogP) is 4.28. The normalized spacial score (nSPS) is 18.0. The fourth-order valence-electron chi connectivity index (χ4n) is 3.70. The van der Waals surface area contributed by atoms with Crippen LogP contribution in [-0.2, 0) is 0 Å². The second-order valence-electron chi connectivity index (χ2n) is 7.22. The van der Waals surface area contributed by atoms with Crippen molar-refractivity contribution in [3.05, 3.63) is 24.4 Å². The van der Waals surface area contributed by atoms with Crippen LogP contribution in [0.15, 0.2) is 24.4 Å². The summed E-state index contributed by atoms with van der Waals surface area (Å²) in [6, 6.07) is 6.27. The number of aromatic nitrogens is 1. The predicted molar refractivity (Wildman–Crippen MR) is 108 cm³/mol. The van der Waals surface area contributed by atoms with Gasteiger partial charge in [-0.05, 0) is 25.0 Å². The molecule has 0 amide bonds. The van der Waals surface area contributed by atoms with Crippen molar-refractivity contribution in [2.45, 2.75) is 71.4 Å². The first-order chi connectivity index (χ1) is 12.4. The lowest BCUT2D eigenvalue weighted by Gasteiger charge is -2.43. The molecule has 0 aliphatic carbocycles. The van der Waals surface area contributed by atoms with Gasteiger partial charge in [-0.2, -0.15) is 0 Å². The van der Waals surface area contributed by atoms with Gasteiger partial charge in [-0.15, -0.1) is 0 Å². The average molecular weight is 347 g/mol. The number of pyridine rings is 1. The number of rotatable bonds is 12. The molecule has 0 aromatic carbocycles. The van der Waals surface area contributed by atoms with Gasteiger partial charge in [0.25, 0.3) is 0 Å². The number of anilines is 1. The molecule has 0 saturated carbocycles. The molecule has 1 N–H and O–H groups in total. The summed E-state index contributed by atoms with van der Waals surface area (Å²) in [5, 5.41) is 3.61. The number of unbranched alkanes of at least 4 members (excludes halogenated alkanes) is 6. The van der Waals surface area contributed by atoms with Crippen LogP contribution in [0.25, 0.3) is 0 Å². The Morgan fingerprint density at radius 3 is 2.36 bits per heavy atom. The van der Waals surface area contributed by atoms with Gasteiger partial charge < -0.3 is 10.2 Å². The standard InChI is InChI=1S/C21H38N4/c1-3-5-7-11-16-24(17-12-8-6-4-2)21-19-22-15-18-25(21)20-13-9-10-14-23-20/h9-10,13-14,21-22H,3-8,11-12,15-19H2,1-2H3. The Balaban J connectivity index is 1.99. The first kappa shape index (κ1) is 20.2. The highest BCUT2D eigenvalue weighted by Gasteiger charge is 2.28. The minimum atomic E-state index is 0.437. The maximum Gasteiger partial charge on any atom is 0.129 e. The van der Waals surface area contributed by atoms with E-state index in [0.717, 1.165) is 25.5 Å². The van der Waals surface area contributed by atoms with Crippen LogP contribution in [0.1, 0.15) is 65.2 Å². The lowest BCUT2D eigenvalue weighted by Crippen LogP contribution is -2.60. The molecule has 1 aliphatic rings. The van der Waals surface area contributed by atoms with Crippen LogP contribution < -0.4 is 10.2 Å². The first-order valence-corrected chi connectivity index (χ1v) is 10.5. The fourth-order valence-corrected chi connectivity index (χ4v) is 3.70. The van der Waals surface area contributed by atoms with Gasteiger partial charge in [0.2, 0.25) is 0 Å². The molecule has 25 heavy (non-hydrogen) atoms. The smallest absolute Gasteiger partial charge is 0.129 e. The topological polar surface area (TPSA) is 31.4 Å². The molecule has 2 rings (SSSR count). The third-order valence-corrected chi connectivity index (χ3v) is 5.18. The summed E-state index contributed by atoms with van der Waals surface area (Å²) in [5.74, 6) is 1.13. The zero-order chi connectivity index (χ0) is 17.7. The summed E-state index contributed by atoms with van der Waals surface area (Å²) in [7, 11) is 0. The maximum absolute atomic E-state index is 4.63. The lowest BCUT2D eigenvalue weighted by atomic mass is 10.1. The number of nitrogens with zero attached hydrogens (tertiary/aromatic N) is 3. The molecule has 4 nitrogen and oxygen atoms in total. The number of piperazine rings is 1. The molecule has 2 heterocycles. The minimum absolute atomic E-state index is 0.437. The van der Waals surface area contributed by atoms with Gasteiger partial charge >= 0.3 is 0 Å². The molecule has 0 spiro atoms. The molecular weight excluding hydrogens is 308 g/mol. The van der Waals surface area contributed by atoms with Crippen molar-refractivity contribution in [3.63, 3.8) is 0 Å². The van der Waals surface area contributed by atoms with E-state index < -0.39 is 0 Å².